The zero-order valence-electron chi connectivity index (χ0n) is 16.7. The largest absolute Gasteiger partial charge is 0.373 e. The molecule has 4 rings (SSSR count). The molecule has 1 aromatic carbocycles. The molecular formula is C20H23ClN4O3S2. The number of aromatic nitrogens is 1. The van der Waals surface area contributed by atoms with E-state index in [1.54, 1.807) is 12.1 Å². The van der Waals surface area contributed by atoms with Gasteiger partial charge in [0.1, 0.15) is 0 Å². The number of amides is 2. The fourth-order valence-corrected chi connectivity index (χ4v) is 5.66. The molecule has 2 N–H and O–H groups in total. The van der Waals surface area contributed by atoms with Crippen LogP contribution in [-0.2, 0) is 20.9 Å². The average Bonchev–Trinajstić information content (AvgIpc) is 3.08. The van der Waals surface area contributed by atoms with Crippen LogP contribution in [-0.4, -0.2) is 52.2 Å². The van der Waals surface area contributed by atoms with Crippen LogP contribution in [0.25, 0.3) is 0 Å². The molecule has 10 heteroatoms. The molecule has 0 spiro atoms. The third kappa shape index (κ3) is 5.33. The highest BCUT2D eigenvalue weighted by molar-refractivity contribution is 8.01. The predicted octanol–water partition coefficient (Wildman–Crippen LogP) is 3.85. The summed E-state index contributed by atoms with van der Waals surface area (Å²) in [7, 11) is 0. The Balaban J connectivity index is 1.31. The molecule has 30 heavy (non-hydrogen) atoms. The van der Waals surface area contributed by atoms with Gasteiger partial charge < -0.3 is 15.4 Å². The van der Waals surface area contributed by atoms with Crippen molar-refractivity contribution in [1.82, 2.24) is 9.88 Å². The number of rotatable bonds is 5. The van der Waals surface area contributed by atoms with Gasteiger partial charge in [0.05, 0.1) is 28.8 Å². The number of hydrogen-bond acceptors (Lipinski definition) is 7. The Morgan fingerprint density at radius 3 is 2.90 bits per heavy atom. The number of nitrogens with zero attached hydrogens (tertiary/aromatic N) is 2. The van der Waals surface area contributed by atoms with E-state index in [0.29, 0.717) is 15.8 Å². The molecule has 2 aliphatic heterocycles. The predicted molar refractivity (Wildman–Crippen MR) is 120 cm³/mol. The number of thiazole rings is 1. The minimum Gasteiger partial charge on any atom is -0.373 e. The van der Waals surface area contributed by atoms with Gasteiger partial charge in [0.15, 0.2) is 5.13 Å². The van der Waals surface area contributed by atoms with Gasteiger partial charge in [-0.3, -0.25) is 14.5 Å². The van der Waals surface area contributed by atoms with E-state index in [1.165, 1.54) is 23.1 Å². The second-order valence-corrected chi connectivity index (χ2v) is 10.1. The quantitative estimate of drug-likeness (QED) is 0.696. The highest BCUT2D eigenvalue weighted by atomic mass is 35.5. The maximum Gasteiger partial charge on any atom is 0.238 e. The number of thioether (sulfide) groups is 1. The van der Waals surface area contributed by atoms with Gasteiger partial charge in [0, 0.05) is 41.4 Å². The van der Waals surface area contributed by atoms with E-state index < -0.39 is 5.25 Å². The molecule has 3 atom stereocenters. The van der Waals surface area contributed by atoms with E-state index in [4.69, 9.17) is 16.3 Å². The molecule has 1 aromatic heterocycles. The fraction of sp³-hybridized carbons (Fsp3) is 0.450. The number of halogens is 1. The molecule has 1 fully saturated rings. The Bertz CT molecular complexity index is 944. The van der Waals surface area contributed by atoms with E-state index in [0.717, 1.165) is 30.2 Å². The standard InChI is InChI=1S/C20H23ClN4O3S2/c1-11-7-25(8-12(2)28-11)9-14-10-29-20(22-14)24-18(26)6-17-19(27)23-15-5-13(21)3-4-16(15)30-17/h3-5,10-12,17H,6-9H2,1-2H3,(H,23,27)(H,22,24,26). The van der Waals surface area contributed by atoms with Gasteiger partial charge in [-0.05, 0) is 32.0 Å². The number of hydrogen-bond donors (Lipinski definition) is 2. The summed E-state index contributed by atoms with van der Waals surface area (Å²) < 4.78 is 5.76. The first-order valence-electron chi connectivity index (χ1n) is 9.75. The van der Waals surface area contributed by atoms with Gasteiger partial charge in [0.25, 0.3) is 0 Å². The zero-order valence-corrected chi connectivity index (χ0v) is 19.1. The first-order chi connectivity index (χ1) is 14.4. The van der Waals surface area contributed by atoms with Gasteiger partial charge in [-0.15, -0.1) is 23.1 Å². The lowest BCUT2D eigenvalue weighted by Crippen LogP contribution is -2.44. The summed E-state index contributed by atoms with van der Waals surface area (Å²) in [6, 6.07) is 5.34. The smallest absolute Gasteiger partial charge is 0.238 e. The molecular weight excluding hydrogens is 444 g/mol. The molecule has 160 valence electrons. The Labute approximate surface area is 188 Å². The summed E-state index contributed by atoms with van der Waals surface area (Å²) in [5.41, 5.74) is 1.61. The Kier molecular flexibility index (Phi) is 6.64. The molecule has 0 aliphatic carbocycles. The molecule has 2 amide bonds. The van der Waals surface area contributed by atoms with Crippen molar-refractivity contribution < 1.29 is 14.3 Å². The number of nitrogens with one attached hydrogen (secondary N) is 2. The van der Waals surface area contributed by atoms with Gasteiger partial charge in [-0.1, -0.05) is 11.6 Å². The van der Waals surface area contributed by atoms with Crippen molar-refractivity contribution in [3.05, 3.63) is 34.3 Å². The van der Waals surface area contributed by atoms with Gasteiger partial charge >= 0.3 is 0 Å². The maximum atomic E-state index is 12.5. The highest BCUT2D eigenvalue weighted by Gasteiger charge is 2.29. The summed E-state index contributed by atoms with van der Waals surface area (Å²) in [5.74, 6) is -0.421. The number of anilines is 2. The molecule has 3 unspecified atom stereocenters. The lowest BCUT2D eigenvalue weighted by molar-refractivity contribution is -0.120. The summed E-state index contributed by atoms with van der Waals surface area (Å²) in [6.45, 7) is 6.60. The zero-order chi connectivity index (χ0) is 21.3. The normalized spacial score (nSPS) is 24.2. The Hall–Kier alpha value is -1.65. The third-order valence-corrected chi connectivity index (χ3v) is 7.13. The second kappa shape index (κ2) is 9.23. The van der Waals surface area contributed by atoms with Gasteiger partial charge in [0.2, 0.25) is 11.8 Å². The van der Waals surface area contributed by atoms with Crippen LogP contribution >= 0.6 is 34.7 Å². The summed E-state index contributed by atoms with van der Waals surface area (Å²) in [6.07, 6.45) is 0.477. The molecule has 3 heterocycles. The van der Waals surface area contributed by atoms with Crippen LogP contribution in [0.5, 0.6) is 0 Å². The summed E-state index contributed by atoms with van der Waals surface area (Å²) in [5, 5.41) is 8.24. The summed E-state index contributed by atoms with van der Waals surface area (Å²) >= 11 is 8.75. The van der Waals surface area contributed by atoms with Crippen LogP contribution in [0.4, 0.5) is 10.8 Å². The van der Waals surface area contributed by atoms with Gasteiger partial charge in [-0.25, -0.2) is 4.98 Å². The lowest BCUT2D eigenvalue weighted by Gasteiger charge is -2.34. The molecule has 0 bridgehead atoms. The van der Waals surface area contributed by atoms with Crippen LogP contribution in [0.1, 0.15) is 26.0 Å². The topological polar surface area (TPSA) is 83.6 Å². The van der Waals surface area contributed by atoms with Crippen LogP contribution in [0, 0.1) is 0 Å². The molecule has 0 saturated carbocycles. The van der Waals surface area contributed by atoms with Crippen molar-refractivity contribution >= 4 is 57.3 Å². The van der Waals surface area contributed by atoms with E-state index in [-0.39, 0.29) is 30.4 Å². The highest BCUT2D eigenvalue weighted by Crippen LogP contribution is 2.38. The summed E-state index contributed by atoms with van der Waals surface area (Å²) in [4.78, 5) is 32.6. The van der Waals surface area contributed by atoms with E-state index >= 15 is 0 Å². The maximum absolute atomic E-state index is 12.5. The van der Waals surface area contributed by atoms with Crippen LogP contribution in [0.15, 0.2) is 28.5 Å². The second-order valence-electron chi connectivity index (χ2n) is 7.58. The SMILES string of the molecule is CC1CN(Cc2csc(NC(=O)CC3Sc4ccc(Cl)cc4NC3=O)n2)CC(C)O1. The third-order valence-electron chi connectivity index (χ3n) is 4.81. The minimum atomic E-state index is -0.491. The van der Waals surface area contributed by atoms with Crippen molar-refractivity contribution in [1.29, 1.82) is 0 Å². The lowest BCUT2D eigenvalue weighted by atomic mass is 10.2. The number of benzene rings is 1. The number of carbonyl (C=O) groups excluding carboxylic acids is 2. The van der Waals surface area contributed by atoms with E-state index in [9.17, 15) is 9.59 Å². The molecule has 7 nitrogen and oxygen atoms in total. The molecule has 0 radical (unpaired) electrons. The van der Waals surface area contributed by atoms with Gasteiger partial charge in [-0.2, -0.15) is 0 Å². The van der Waals surface area contributed by atoms with Crippen molar-refractivity contribution in [3.63, 3.8) is 0 Å². The Morgan fingerprint density at radius 1 is 1.37 bits per heavy atom. The van der Waals surface area contributed by atoms with Crippen molar-refractivity contribution in [2.24, 2.45) is 0 Å². The van der Waals surface area contributed by atoms with Crippen LogP contribution < -0.4 is 10.6 Å². The molecule has 2 aromatic rings. The van der Waals surface area contributed by atoms with Crippen molar-refractivity contribution in [3.8, 4) is 0 Å². The van der Waals surface area contributed by atoms with Crippen LogP contribution in [0.2, 0.25) is 5.02 Å². The minimum absolute atomic E-state index is 0.0754. The van der Waals surface area contributed by atoms with Crippen molar-refractivity contribution in [2.45, 2.75) is 49.2 Å². The average molecular weight is 467 g/mol. The Morgan fingerprint density at radius 2 is 2.13 bits per heavy atom. The first-order valence-corrected chi connectivity index (χ1v) is 11.9. The number of fused-ring (bicyclic) bond motifs is 1. The van der Waals surface area contributed by atoms with E-state index in [2.05, 4.69) is 34.4 Å². The number of ether oxygens (including phenoxy) is 1. The molecule has 1 saturated heterocycles. The van der Waals surface area contributed by atoms with Crippen molar-refractivity contribution in [2.75, 3.05) is 23.7 Å². The monoisotopic (exact) mass is 466 g/mol. The number of carbonyl (C=O) groups is 2. The fourth-order valence-electron chi connectivity index (χ4n) is 3.68. The number of morpholine rings is 1. The van der Waals surface area contributed by atoms with Crippen LogP contribution in [0.3, 0.4) is 0 Å². The first kappa shape index (κ1) is 21.6. The van der Waals surface area contributed by atoms with E-state index in [1.807, 2.05) is 11.4 Å². The molecule has 2 aliphatic rings.